The van der Waals surface area contributed by atoms with Crippen LogP contribution < -0.4 is 20.7 Å². The van der Waals surface area contributed by atoms with Gasteiger partial charge in [0.25, 0.3) is 11.8 Å². The molecule has 56 heavy (non-hydrogen) atoms. The Kier molecular flexibility index (Phi) is 18.5. The van der Waals surface area contributed by atoms with Crippen LogP contribution >= 0.6 is 12.4 Å². The fourth-order valence-electron chi connectivity index (χ4n) is 5.60. The Balaban J connectivity index is 0.00000696. The number of carbonyl (C=O) groups excluding carboxylic acids is 3. The number of halogens is 3. The van der Waals surface area contributed by atoms with E-state index in [9.17, 15) is 23.2 Å². The van der Waals surface area contributed by atoms with Gasteiger partial charge in [0.1, 0.15) is 17.9 Å². The van der Waals surface area contributed by atoms with E-state index >= 15 is 0 Å². The molecule has 0 unspecified atom stereocenters. The van der Waals surface area contributed by atoms with Crippen molar-refractivity contribution < 1.29 is 56.7 Å². The zero-order valence-corrected chi connectivity index (χ0v) is 31.4. The first kappa shape index (κ1) is 44.1. The Labute approximate surface area is 328 Å². The predicted octanol–water partition coefficient (Wildman–Crippen LogP) is 2.45. The quantitative estimate of drug-likeness (QED) is 0.0515. The van der Waals surface area contributed by atoms with Crippen LogP contribution in [0.4, 0.5) is 8.78 Å². The summed E-state index contributed by atoms with van der Waals surface area (Å²) < 4.78 is 61.6. The van der Waals surface area contributed by atoms with E-state index in [2.05, 4.69) is 26.1 Å². The summed E-state index contributed by atoms with van der Waals surface area (Å²) in [6.45, 7) is 4.10. The summed E-state index contributed by atoms with van der Waals surface area (Å²) in [7, 11) is 0. The largest absolute Gasteiger partial charge is 0.490 e. The molecule has 1 aliphatic rings. The van der Waals surface area contributed by atoms with Crippen LogP contribution in [0.15, 0.2) is 60.8 Å². The summed E-state index contributed by atoms with van der Waals surface area (Å²) in [5.41, 5.74) is 0.839. The summed E-state index contributed by atoms with van der Waals surface area (Å²) in [5, 5.41) is 25.4. The molecule has 18 heteroatoms. The highest BCUT2D eigenvalue weighted by Crippen LogP contribution is 2.27. The van der Waals surface area contributed by atoms with Gasteiger partial charge in [-0.25, -0.2) is 8.78 Å². The summed E-state index contributed by atoms with van der Waals surface area (Å²) >= 11 is 0. The Morgan fingerprint density at radius 3 is 1.80 bits per heavy atom. The highest BCUT2D eigenvalue weighted by Gasteiger charge is 2.30. The van der Waals surface area contributed by atoms with Crippen molar-refractivity contribution >= 4 is 40.9 Å². The first-order chi connectivity index (χ1) is 26.9. The van der Waals surface area contributed by atoms with Crippen molar-refractivity contribution in [3.8, 4) is 5.75 Å². The molecule has 1 fully saturated rings. The van der Waals surface area contributed by atoms with Crippen LogP contribution in [-0.2, 0) is 23.7 Å². The molecule has 1 saturated heterocycles. The molecule has 2 atom stereocenters. The van der Waals surface area contributed by atoms with Gasteiger partial charge in [0.2, 0.25) is 0 Å². The molecule has 2 heterocycles. The number of aromatic nitrogens is 2. The molecule has 4 aromatic rings. The Morgan fingerprint density at radius 1 is 0.696 bits per heavy atom. The minimum absolute atomic E-state index is 0. The van der Waals surface area contributed by atoms with E-state index in [0.717, 1.165) is 17.0 Å². The average Bonchev–Trinajstić information content (AvgIpc) is 3.86. The van der Waals surface area contributed by atoms with Gasteiger partial charge in [-0.15, -0.1) is 12.4 Å². The number of ketones is 1. The molecule has 0 bridgehead atoms. The molecule has 2 amide bonds. The lowest BCUT2D eigenvalue weighted by atomic mass is 10.00. The van der Waals surface area contributed by atoms with Crippen LogP contribution in [0.5, 0.6) is 5.75 Å². The van der Waals surface area contributed by atoms with Gasteiger partial charge in [-0.2, -0.15) is 5.10 Å². The molecule has 1 aliphatic heterocycles. The second kappa shape index (κ2) is 23.5. The normalized spacial score (nSPS) is 15.1. The fraction of sp³-hybridized carbons (Fsp3) is 0.421. The molecule has 0 radical (unpaired) electrons. The zero-order valence-electron chi connectivity index (χ0n) is 30.6. The van der Waals surface area contributed by atoms with Crippen LogP contribution in [0.25, 0.3) is 10.9 Å². The number of ether oxygens (including phenoxy) is 6. The molecule has 0 saturated carbocycles. The van der Waals surface area contributed by atoms with Gasteiger partial charge in [-0.3, -0.25) is 19.5 Å². The number of nitrogens with zero attached hydrogens (tertiary/aromatic N) is 1. The smallest absolute Gasteiger partial charge is 0.251 e. The van der Waals surface area contributed by atoms with E-state index in [1.165, 1.54) is 30.3 Å². The zero-order chi connectivity index (χ0) is 38.8. The third kappa shape index (κ3) is 13.0. The lowest BCUT2D eigenvalue weighted by Gasteiger charge is -2.21. The predicted molar refractivity (Wildman–Crippen MR) is 202 cm³/mol. The topological polar surface area (TPSA) is 192 Å². The summed E-state index contributed by atoms with van der Waals surface area (Å²) in [6.07, 6.45) is 1.66. The number of H-pyrrole nitrogens is 1. The first-order valence-electron chi connectivity index (χ1n) is 17.9. The van der Waals surface area contributed by atoms with Crippen molar-refractivity contribution in [1.82, 2.24) is 26.1 Å². The van der Waals surface area contributed by atoms with E-state index in [-0.39, 0.29) is 74.3 Å². The standard InChI is InChI=1S/C38H45F2N5O10.ClH/c39-29-7-8-33(55-20-19-54-18-17-53-16-15-52-14-13-51-12-11-50-10-9-46)34(35(29)40)36(47)25-1-3-26(4-2-25)37(48)43-31-23-41-24-32(31)44-38(49)27-5-6-28-22-42-45-30(28)21-27;/h1-8,21-22,31-32,41,46H,9-20,23-24H2,(H,42,45)(H,43,48)(H,44,49);1H/t31-,32-;/m1./s1. The van der Waals surface area contributed by atoms with Crippen molar-refractivity contribution in [1.29, 1.82) is 0 Å². The molecule has 0 spiro atoms. The second-order valence-corrected chi connectivity index (χ2v) is 12.3. The molecule has 304 valence electrons. The van der Waals surface area contributed by atoms with Gasteiger partial charge in [-0.05, 0) is 36.4 Å². The van der Waals surface area contributed by atoms with E-state index in [4.69, 9.17) is 33.5 Å². The molecular weight excluding hydrogens is 760 g/mol. The van der Waals surface area contributed by atoms with Gasteiger partial charge in [0.15, 0.2) is 17.4 Å². The number of aliphatic hydroxyl groups excluding tert-OH is 1. The number of hydrogen-bond donors (Lipinski definition) is 5. The van der Waals surface area contributed by atoms with Crippen molar-refractivity contribution in [3.05, 3.63) is 94.7 Å². The third-order valence-electron chi connectivity index (χ3n) is 8.45. The number of nitrogens with one attached hydrogen (secondary N) is 4. The Morgan fingerprint density at radius 2 is 1.21 bits per heavy atom. The number of carbonyl (C=O) groups is 3. The van der Waals surface area contributed by atoms with Gasteiger partial charge in [0, 0.05) is 35.2 Å². The monoisotopic (exact) mass is 805 g/mol. The minimum atomic E-state index is -1.36. The maximum Gasteiger partial charge on any atom is 0.251 e. The van der Waals surface area contributed by atoms with Crippen LogP contribution in [-0.4, -0.2) is 137 Å². The average molecular weight is 806 g/mol. The minimum Gasteiger partial charge on any atom is -0.490 e. The van der Waals surface area contributed by atoms with Crippen LogP contribution in [0, 0.1) is 11.6 Å². The molecule has 0 aliphatic carbocycles. The van der Waals surface area contributed by atoms with E-state index in [1.807, 2.05) is 0 Å². The lowest BCUT2D eigenvalue weighted by Crippen LogP contribution is -2.51. The van der Waals surface area contributed by atoms with Crippen molar-refractivity contribution in [2.24, 2.45) is 0 Å². The van der Waals surface area contributed by atoms with E-state index < -0.39 is 34.9 Å². The number of benzene rings is 3. The third-order valence-corrected chi connectivity index (χ3v) is 8.45. The SMILES string of the molecule is Cl.O=C(N[C@@H]1CNC[C@H]1NC(=O)c1ccc2cn[nH]c2c1)c1ccc(C(=O)c2c(OCCOCCOCCOCCOCCOCCO)ccc(F)c2F)cc1. The molecule has 1 aromatic heterocycles. The van der Waals surface area contributed by atoms with E-state index in [1.54, 1.807) is 24.4 Å². The second-order valence-electron chi connectivity index (χ2n) is 12.3. The number of aliphatic hydroxyl groups is 1. The van der Waals surface area contributed by atoms with Crippen LogP contribution in [0.1, 0.15) is 36.6 Å². The maximum atomic E-state index is 15.0. The van der Waals surface area contributed by atoms with Crippen molar-refractivity contribution in [2.75, 3.05) is 92.4 Å². The molecule has 3 aromatic carbocycles. The summed E-state index contributed by atoms with van der Waals surface area (Å²) in [5.74, 6) is -4.29. The van der Waals surface area contributed by atoms with Crippen molar-refractivity contribution in [3.63, 3.8) is 0 Å². The maximum absolute atomic E-state index is 15.0. The first-order valence-corrected chi connectivity index (χ1v) is 17.9. The molecule has 15 nitrogen and oxygen atoms in total. The lowest BCUT2D eigenvalue weighted by molar-refractivity contribution is -0.0146. The van der Waals surface area contributed by atoms with Gasteiger partial charge < -0.3 is 49.5 Å². The number of amides is 2. The number of hydrogen-bond acceptors (Lipinski definition) is 12. The number of aromatic amines is 1. The Hall–Kier alpha value is -4.59. The van der Waals surface area contributed by atoms with E-state index in [0.29, 0.717) is 64.9 Å². The van der Waals surface area contributed by atoms with Crippen LogP contribution in [0.2, 0.25) is 0 Å². The number of fused-ring (bicyclic) bond motifs is 1. The van der Waals surface area contributed by atoms with Gasteiger partial charge in [-0.1, -0.05) is 18.2 Å². The van der Waals surface area contributed by atoms with Gasteiger partial charge in [0.05, 0.1) is 96.5 Å². The molecule has 5 N–H and O–H groups in total. The summed E-state index contributed by atoms with van der Waals surface area (Å²) in [4.78, 5) is 39.5. The molecule has 5 rings (SSSR count). The molecular formula is C38H46ClF2N5O10. The van der Waals surface area contributed by atoms with Crippen molar-refractivity contribution in [2.45, 2.75) is 12.1 Å². The summed E-state index contributed by atoms with van der Waals surface area (Å²) in [6, 6.07) is 12.0. The Bertz CT molecular complexity index is 1850. The fourth-order valence-corrected chi connectivity index (χ4v) is 5.60. The van der Waals surface area contributed by atoms with Gasteiger partial charge >= 0.3 is 0 Å². The number of rotatable bonds is 24. The highest BCUT2D eigenvalue weighted by atomic mass is 35.5. The highest BCUT2D eigenvalue weighted by molar-refractivity contribution is 6.11. The van der Waals surface area contributed by atoms with Crippen LogP contribution in [0.3, 0.4) is 0 Å².